The van der Waals surface area contributed by atoms with Gasteiger partial charge < -0.3 is 11.5 Å². The molecule has 0 aliphatic carbocycles. The number of nitrogens with two attached hydrogens (primary N) is 2. The van der Waals surface area contributed by atoms with Crippen LogP contribution in [0.25, 0.3) is 0 Å². The summed E-state index contributed by atoms with van der Waals surface area (Å²) in [4.78, 5) is 0. The lowest BCUT2D eigenvalue weighted by Gasteiger charge is -2.32. The highest BCUT2D eigenvalue weighted by Crippen LogP contribution is 2.38. The molecule has 4 rings (SSSR count). The van der Waals surface area contributed by atoms with Gasteiger partial charge in [0.2, 0.25) is 0 Å². The van der Waals surface area contributed by atoms with E-state index < -0.39 is 0 Å². The molecule has 4 aromatic rings. The Labute approximate surface area is 249 Å². The first-order chi connectivity index (χ1) is 20.0. The fraction of sp³-hybridized carbons (Fsp3) is 0.385. The molecule has 2 nitrogen and oxygen atoms in total. The highest BCUT2D eigenvalue weighted by molar-refractivity contribution is 5.44. The van der Waals surface area contributed by atoms with Crippen molar-refractivity contribution < 1.29 is 0 Å². The van der Waals surface area contributed by atoms with E-state index in [9.17, 15) is 0 Å². The van der Waals surface area contributed by atoms with Crippen LogP contribution in [0.4, 0.5) is 11.4 Å². The van der Waals surface area contributed by atoms with E-state index in [0.29, 0.717) is 0 Å². The first-order valence-corrected chi connectivity index (χ1v) is 15.8. The zero-order valence-electron chi connectivity index (χ0n) is 25.4. The summed E-state index contributed by atoms with van der Waals surface area (Å²) in [7, 11) is 0. The molecule has 2 heteroatoms. The van der Waals surface area contributed by atoms with Crippen LogP contribution < -0.4 is 11.5 Å². The monoisotopic (exact) mass is 546 g/mol. The van der Waals surface area contributed by atoms with Crippen LogP contribution in [0.3, 0.4) is 0 Å². The molecule has 0 spiro atoms. The Hall–Kier alpha value is -3.52. The first kappa shape index (κ1) is 30.4. The maximum atomic E-state index is 5.88. The third kappa shape index (κ3) is 9.25. The van der Waals surface area contributed by atoms with Crippen LogP contribution in [0, 0.1) is 0 Å². The quantitative estimate of drug-likeness (QED) is 0.108. The molecule has 41 heavy (non-hydrogen) atoms. The Kier molecular flexibility index (Phi) is 11.5. The van der Waals surface area contributed by atoms with E-state index in [1.807, 2.05) is 24.3 Å². The molecule has 0 bridgehead atoms. The Morgan fingerprint density at radius 3 is 1.12 bits per heavy atom. The highest BCUT2D eigenvalue weighted by Gasteiger charge is 2.28. The molecular formula is C39H50N2. The molecule has 0 fully saturated rings. The predicted octanol–water partition coefficient (Wildman–Crippen LogP) is 10.3. The summed E-state index contributed by atoms with van der Waals surface area (Å²) in [5.41, 5.74) is 21.5. The van der Waals surface area contributed by atoms with Gasteiger partial charge in [-0.15, -0.1) is 0 Å². The Morgan fingerprint density at radius 2 is 0.756 bits per heavy atom. The van der Waals surface area contributed by atoms with Gasteiger partial charge in [-0.25, -0.2) is 0 Å². The van der Waals surface area contributed by atoms with Crippen LogP contribution in [0.1, 0.15) is 111 Å². The van der Waals surface area contributed by atoms with Gasteiger partial charge in [0.05, 0.1) is 0 Å². The normalized spacial score (nSPS) is 11.6. The fourth-order valence-electron chi connectivity index (χ4n) is 5.97. The van der Waals surface area contributed by atoms with Gasteiger partial charge in [-0.05, 0) is 76.9 Å². The molecule has 4 aromatic carbocycles. The summed E-state index contributed by atoms with van der Waals surface area (Å²) >= 11 is 0. The SMILES string of the molecule is CCCCCCCCCCCC(C)(c1ccc(Cc2ccc(N)cc2)cc1)c1ccc(Cc2ccc(N)cc2)cc1. The lowest BCUT2D eigenvalue weighted by Crippen LogP contribution is -2.24. The third-order valence-corrected chi connectivity index (χ3v) is 8.74. The lowest BCUT2D eigenvalue weighted by molar-refractivity contribution is 0.469. The standard InChI is InChI=1S/C39H50N2/c1-3-4-5-6-7-8-9-10-11-28-39(2,35-20-12-31(13-21-35)29-33-16-24-37(40)25-17-33)36-22-14-32(15-23-36)30-34-18-26-38(41)27-19-34/h12-27H,3-11,28-30,40-41H2,1-2H3. The van der Waals surface area contributed by atoms with E-state index in [1.54, 1.807) is 0 Å². The van der Waals surface area contributed by atoms with E-state index in [0.717, 1.165) is 30.6 Å². The van der Waals surface area contributed by atoms with E-state index in [4.69, 9.17) is 11.5 Å². The largest absolute Gasteiger partial charge is 0.399 e. The second-order valence-corrected chi connectivity index (χ2v) is 12.1. The fourth-order valence-corrected chi connectivity index (χ4v) is 5.97. The number of nitrogen functional groups attached to an aromatic ring is 2. The summed E-state index contributed by atoms with van der Waals surface area (Å²) in [5.74, 6) is 0. The Bertz CT molecular complexity index is 1200. The maximum absolute atomic E-state index is 5.88. The second kappa shape index (κ2) is 15.5. The zero-order chi connectivity index (χ0) is 28.9. The molecule has 0 heterocycles. The number of anilines is 2. The summed E-state index contributed by atoms with van der Waals surface area (Å²) < 4.78 is 0. The Morgan fingerprint density at radius 1 is 0.439 bits per heavy atom. The van der Waals surface area contributed by atoms with Gasteiger partial charge in [-0.1, -0.05) is 144 Å². The van der Waals surface area contributed by atoms with Gasteiger partial charge in [0, 0.05) is 16.8 Å². The van der Waals surface area contributed by atoms with Crippen molar-refractivity contribution >= 4 is 11.4 Å². The highest BCUT2D eigenvalue weighted by atomic mass is 14.5. The molecule has 216 valence electrons. The molecule has 0 aliphatic heterocycles. The summed E-state index contributed by atoms with van der Waals surface area (Å²) in [6.45, 7) is 4.74. The van der Waals surface area contributed by atoms with Gasteiger partial charge in [-0.3, -0.25) is 0 Å². The minimum Gasteiger partial charge on any atom is -0.399 e. The molecule has 0 saturated heterocycles. The van der Waals surface area contributed by atoms with Crippen LogP contribution in [-0.2, 0) is 18.3 Å². The van der Waals surface area contributed by atoms with Crippen molar-refractivity contribution in [2.24, 2.45) is 0 Å². The third-order valence-electron chi connectivity index (χ3n) is 8.74. The van der Waals surface area contributed by atoms with E-state index >= 15 is 0 Å². The molecule has 0 saturated carbocycles. The van der Waals surface area contributed by atoms with E-state index in [2.05, 4.69) is 86.6 Å². The number of hydrogen-bond acceptors (Lipinski definition) is 2. The van der Waals surface area contributed by atoms with Gasteiger partial charge in [0.25, 0.3) is 0 Å². The maximum Gasteiger partial charge on any atom is 0.0314 e. The molecule has 0 aliphatic rings. The average molecular weight is 547 g/mol. The second-order valence-electron chi connectivity index (χ2n) is 12.1. The van der Waals surface area contributed by atoms with Gasteiger partial charge in [-0.2, -0.15) is 0 Å². The van der Waals surface area contributed by atoms with Crippen molar-refractivity contribution in [3.05, 3.63) is 130 Å². The van der Waals surface area contributed by atoms with Crippen molar-refractivity contribution in [3.8, 4) is 0 Å². The molecule has 0 radical (unpaired) electrons. The van der Waals surface area contributed by atoms with E-state index in [1.165, 1.54) is 91.2 Å². The molecule has 0 atom stereocenters. The number of benzene rings is 4. The summed E-state index contributed by atoms with van der Waals surface area (Å²) in [6.07, 6.45) is 15.2. The van der Waals surface area contributed by atoms with E-state index in [-0.39, 0.29) is 5.41 Å². The molecule has 4 N–H and O–H groups in total. The summed E-state index contributed by atoms with van der Waals surface area (Å²) in [5, 5.41) is 0. The number of hydrogen-bond donors (Lipinski definition) is 2. The number of rotatable bonds is 16. The molecule has 0 amide bonds. The van der Waals surface area contributed by atoms with Crippen LogP contribution in [0.15, 0.2) is 97.1 Å². The molecule has 0 aromatic heterocycles. The van der Waals surface area contributed by atoms with Crippen molar-refractivity contribution in [3.63, 3.8) is 0 Å². The number of unbranched alkanes of at least 4 members (excludes halogenated alkanes) is 8. The van der Waals surface area contributed by atoms with Gasteiger partial charge in [0.1, 0.15) is 0 Å². The smallest absolute Gasteiger partial charge is 0.0314 e. The van der Waals surface area contributed by atoms with Crippen molar-refractivity contribution in [1.82, 2.24) is 0 Å². The van der Waals surface area contributed by atoms with Crippen molar-refractivity contribution in [2.45, 2.75) is 96.3 Å². The average Bonchev–Trinajstić information content (AvgIpc) is 2.99. The molecule has 0 unspecified atom stereocenters. The van der Waals surface area contributed by atoms with Crippen molar-refractivity contribution in [2.75, 3.05) is 11.5 Å². The van der Waals surface area contributed by atoms with Crippen LogP contribution in [-0.4, -0.2) is 0 Å². The van der Waals surface area contributed by atoms with Crippen molar-refractivity contribution in [1.29, 1.82) is 0 Å². The minimum atomic E-state index is -0.0133. The topological polar surface area (TPSA) is 52.0 Å². The van der Waals surface area contributed by atoms with Crippen LogP contribution in [0.2, 0.25) is 0 Å². The lowest BCUT2D eigenvalue weighted by atomic mass is 9.72. The van der Waals surface area contributed by atoms with Crippen LogP contribution in [0.5, 0.6) is 0 Å². The predicted molar refractivity (Wildman–Crippen MR) is 179 cm³/mol. The van der Waals surface area contributed by atoms with Gasteiger partial charge in [0.15, 0.2) is 0 Å². The summed E-state index contributed by atoms with van der Waals surface area (Å²) in [6, 6.07) is 35.2. The minimum absolute atomic E-state index is 0.0133. The first-order valence-electron chi connectivity index (χ1n) is 15.8. The zero-order valence-corrected chi connectivity index (χ0v) is 25.4. The molecular weight excluding hydrogens is 496 g/mol. The van der Waals surface area contributed by atoms with Gasteiger partial charge >= 0.3 is 0 Å². The van der Waals surface area contributed by atoms with Crippen LogP contribution >= 0.6 is 0 Å². The Balaban J connectivity index is 1.45.